The summed E-state index contributed by atoms with van der Waals surface area (Å²) in [5, 5.41) is 4.05. The van der Waals surface area contributed by atoms with Crippen molar-refractivity contribution in [2.45, 2.75) is 13.0 Å². The molecule has 0 aliphatic carbocycles. The molecule has 2 aromatic rings. The van der Waals surface area contributed by atoms with Crippen molar-refractivity contribution >= 4 is 16.8 Å². The second-order valence-corrected chi connectivity index (χ2v) is 4.12. The molecule has 0 bridgehead atoms. The topological polar surface area (TPSA) is 34.0 Å². The Labute approximate surface area is 101 Å². The average molecular weight is 228 g/mol. The molecule has 0 saturated carbocycles. The van der Waals surface area contributed by atoms with Crippen molar-refractivity contribution < 1.29 is 4.79 Å². The standard InChI is InChI=1S/C14H16N2O/c1-4-14(17)15-10(2)13-9-11-7-5-6-8-12(11)16(13)3/h4-10H,1H2,2-3H3,(H,15,17). The smallest absolute Gasteiger partial charge is 0.243 e. The van der Waals surface area contributed by atoms with Gasteiger partial charge in [0.25, 0.3) is 0 Å². The van der Waals surface area contributed by atoms with Gasteiger partial charge in [-0.2, -0.15) is 0 Å². The molecule has 1 N–H and O–H groups in total. The SMILES string of the molecule is C=CC(=O)NC(C)c1cc2ccccc2n1C. The maximum atomic E-state index is 11.3. The zero-order valence-corrected chi connectivity index (χ0v) is 10.1. The lowest BCUT2D eigenvalue weighted by Gasteiger charge is -2.13. The highest BCUT2D eigenvalue weighted by Gasteiger charge is 2.13. The Balaban J connectivity index is 2.38. The number of carbonyl (C=O) groups excluding carboxylic acids is 1. The van der Waals surface area contributed by atoms with E-state index in [-0.39, 0.29) is 11.9 Å². The summed E-state index contributed by atoms with van der Waals surface area (Å²) in [6, 6.07) is 10.2. The lowest BCUT2D eigenvalue weighted by molar-refractivity contribution is -0.117. The molecule has 2 rings (SSSR count). The first-order chi connectivity index (χ1) is 8.13. The number of fused-ring (bicyclic) bond motifs is 1. The van der Waals surface area contributed by atoms with Gasteiger partial charge in [-0.3, -0.25) is 4.79 Å². The highest BCUT2D eigenvalue weighted by Crippen LogP contribution is 2.22. The van der Waals surface area contributed by atoms with Crippen LogP contribution in [0.3, 0.4) is 0 Å². The molecular weight excluding hydrogens is 212 g/mol. The molecule has 1 aromatic heterocycles. The Hall–Kier alpha value is -2.03. The molecule has 3 heteroatoms. The third kappa shape index (κ3) is 2.09. The van der Waals surface area contributed by atoms with Crippen LogP contribution in [0.15, 0.2) is 43.0 Å². The van der Waals surface area contributed by atoms with E-state index in [2.05, 4.69) is 34.7 Å². The molecule has 0 aliphatic heterocycles. The van der Waals surface area contributed by atoms with Gasteiger partial charge in [0.1, 0.15) is 0 Å². The van der Waals surface area contributed by atoms with Gasteiger partial charge in [-0.05, 0) is 30.5 Å². The molecule has 0 fully saturated rings. The highest BCUT2D eigenvalue weighted by molar-refractivity contribution is 5.87. The zero-order valence-electron chi connectivity index (χ0n) is 10.1. The molecule has 88 valence electrons. The molecule has 0 saturated heterocycles. The lowest BCUT2D eigenvalue weighted by Crippen LogP contribution is -2.25. The molecule has 0 spiro atoms. The first kappa shape index (κ1) is 11.5. The fourth-order valence-electron chi connectivity index (χ4n) is 2.07. The van der Waals surface area contributed by atoms with Crippen LogP contribution in [0.1, 0.15) is 18.7 Å². The van der Waals surface area contributed by atoms with Crippen LogP contribution in [0.4, 0.5) is 0 Å². The van der Waals surface area contributed by atoms with E-state index in [1.165, 1.54) is 17.0 Å². The first-order valence-corrected chi connectivity index (χ1v) is 5.60. The van der Waals surface area contributed by atoms with Gasteiger partial charge in [-0.1, -0.05) is 24.8 Å². The van der Waals surface area contributed by atoms with E-state index in [4.69, 9.17) is 0 Å². The molecule has 1 amide bonds. The van der Waals surface area contributed by atoms with Crippen LogP contribution in [-0.2, 0) is 11.8 Å². The number of carbonyl (C=O) groups is 1. The molecule has 1 unspecified atom stereocenters. The van der Waals surface area contributed by atoms with Crippen LogP contribution in [0.25, 0.3) is 10.9 Å². The maximum Gasteiger partial charge on any atom is 0.243 e. The summed E-state index contributed by atoms with van der Waals surface area (Å²) in [7, 11) is 2.01. The van der Waals surface area contributed by atoms with Crippen LogP contribution in [0, 0.1) is 0 Å². The van der Waals surface area contributed by atoms with E-state index in [0.717, 1.165) is 5.69 Å². The van der Waals surface area contributed by atoms with Gasteiger partial charge in [0, 0.05) is 18.3 Å². The van der Waals surface area contributed by atoms with E-state index in [0.29, 0.717) is 0 Å². The molecule has 0 radical (unpaired) electrons. The third-order valence-corrected chi connectivity index (χ3v) is 2.98. The fourth-order valence-corrected chi connectivity index (χ4v) is 2.07. The van der Waals surface area contributed by atoms with Gasteiger partial charge >= 0.3 is 0 Å². The summed E-state index contributed by atoms with van der Waals surface area (Å²) < 4.78 is 2.10. The Morgan fingerprint density at radius 1 is 1.47 bits per heavy atom. The van der Waals surface area contributed by atoms with E-state index in [1.54, 1.807) is 0 Å². The van der Waals surface area contributed by atoms with Crippen LogP contribution >= 0.6 is 0 Å². The largest absolute Gasteiger partial charge is 0.346 e. The number of para-hydroxylation sites is 1. The molecule has 1 atom stereocenters. The van der Waals surface area contributed by atoms with Crippen molar-refractivity contribution in [2.24, 2.45) is 7.05 Å². The highest BCUT2D eigenvalue weighted by atomic mass is 16.1. The lowest BCUT2D eigenvalue weighted by atomic mass is 10.2. The minimum Gasteiger partial charge on any atom is -0.346 e. The van der Waals surface area contributed by atoms with Crippen molar-refractivity contribution in [2.75, 3.05) is 0 Å². The number of aryl methyl sites for hydroxylation is 1. The molecule has 3 nitrogen and oxygen atoms in total. The second kappa shape index (κ2) is 4.45. The van der Waals surface area contributed by atoms with Gasteiger partial charge in [0.05, 0.1) is 6.04 Å². The monoisotopic (exact) mass is 228 g/mol. The quantitative estimate of drug-likeness (QED) is 0.805. The molecule has 1 aromatic carbocycles. The number of benzene rings is 1. The third-order valence-electron chi connectivity index (χ3n) is 2.98. The fraction of sp³-hybridized carbons (Fsp3) is 0.214. The summed E-state index contributed by atoms with van der Waals surface area (Å²) >= 11 is 0. The van der Waals surface area contributed by atoms with Crippen molar-refractivity contribution in [3.63, 3.8) is 0 Å². The zero-order chi connectivity index (χ0) is 12.4. The Morgan fingerprint density at radius 3 is 2.82 bits per heavy atom. The van der Waals surface area contributed by atoms with Crippen molar-refractivity contribution in [3.8, 4) is 0 Å². The maximum absolute atomic E-state index is 11.3. The number of aromatic nitrogens is 1. The number of nitrogens with zero attached hydrogens (tertiary/aromatic N) is 1. The summed E-state index contributed by atoms with van der Waals surface area (Å²) in [6.07, 6.45) is 1.29. The average Bonchev–Trinajstić information content (AvgIpc) is 2.67. The minimum absolute atomic E-state index is 0.0297. The van der Waals surface area contributed by atoms with Gasteiger partial charge in [0.2, 0.25) is 5.91 Å². The predicted molar refractivity (Wildman–Crippen MR) is 69.7 cm³/mol. The van der Waals surface area contributed by atoms with Crippen molar-refractivity contribution in [3.05, 3.63) is 48.7 Å². The van der Waals surface area contributed by atoms with Crippen molar-refractivity contribution in [1.29, 1.82) is 0 Å². The minimum atomic E-state index is -0.150. The summed E-state index contributed by atoms with van der Waals surface area (Å²) in [5.74, 6) is -0.150. The van der Waals surface area contributed by atoms with E-state index < -0.39 is 0 Å². The normalized spacial score (nSPS) is 12.4. The van der Waals surface area contributed by atoms with E-state index >= 15 is 0 Å². The van der Waals surface area contributed by atoms with Crippen LogP contribution in [0.5, 0.6) is 0 Å². The molecular formula is C14H16N2O. The van der Waals surface area contributed by atoms with Crippen LogP contribution < -0.4 is 5.32 Å². The van der Waals surface area contributed by atoms with Crippen LogP contribution in [-0.4, -0.2) is 10.5 Å². The number of hydrogen-bond acceptors (Lipinski definition) is 1. The van der Waals surface area contributed by atoms with E-state index in [1.807, 2.05) is 26.1 Å². The second-order valence-electron chi connectivity index (χ2n) is 4.12. The summed E-state index contributed by atoms with van der Waals surface area (Å²) in [4.78, 5) is 11.3. The van der Waals surface area contributed by atoms with E-state index in [9.17, 15) is 4.79 Å². The molecule has 0 aliphatic rings. The van der Waals surface area contributed by atoms with Gasteiger partial charge < -0.3 is 9.88 Å². The van der Waals surface area contributed by atoms with Crippen LogP contribution in [0.2, 0.25) is 0 Å². The molecule has 17 heavy (non-hydrogen) atoms. The summed E-state index contributed by atoms with van der Waals surface area (Å²) in [5.41, 5.74) is 2.25. The Kier molecular flexibility index (Phi) is 3.00. The number of nitrogens with one attached hydrogen (secondary N) is 1. The van der Waals surface area contributed by atoms with Gasteiger partial charge in [-0.15, -0.1) is 0 Å². The number of hydrogen-bond donors (Lipinski definition) is 1. The van der Waals surface area contributed by atoms with Crippen molar-refractivity contribution in [1.82, 2.24) is 9.88 Å². The first-order valence-electron chi connectivity index (χ1n) is 5.60. The Bertz CT molecular complexity index is 569. The Morgan fingerprint density at radius 2 is 2.18 bits per heavy atom. The number of rotatable bonds is 3. The molecule has 1 heterocycles. The predicted octanol–water partition coefficient (Wildman–Crippen LogP) is 2.54. The van der Waals surface area contributed by atoms with Gasteiger partial charge in [-0.25, -0.2) is 0 Å². The summed E-state index contributed by atoms with van der Waals surface area (Å²) in [6.45, 7) is 5.42. The number of amides is 1. The van der Waals surface area contributed by atoms with Gasteiger partial charge in [0.15, 0.2) is 0 Å².